The van der Waals surface area contributed by atoms with E-state index in [1.807, 2.05) is 0 Å². The van der Waals surface area contributed by atoms with Crippen LogP contribution in [0.3, 0.4) is 0 Å². The molecule has 58 valence electrons. The van der Waals surface area contributed by atoms with Crippen LogP contribution in [0.25, 0.3) is 0 Å². The molecule has 2 fully saturated rings. The van der Waals surface area contributed by atoms with E-state index in [-0.39, 0.29) is 0 Å². The van der Waals surface area contributed by atoms with Gasteiger partial charge in [-0.05, 0) is 25.7 Å². The number of rotatable bonds is 3. The SMILES string of the molecule is C1CC(SSC2CCC2)C1. The Hall–Kier alpha value is 0.700. The van der Waals surface area contributed by atoms with Crippen LogP contribution < -0.4 is 0 Å². The van der Waals surface area contributed by atoms with Gasteiger partial charge in [-0.2, -0.15) is 0 Å². The molecule has 0 atom stereocenters. The minimum absolute atomic E-state index is 1.03. The van der Waals surface area contributed by atoms with Gasteiger partial charge in [0.2, 0.25) is 0 Å². The Kier molecular flexibility index (Phi) is 2.50. The van der Waals surface area contributed by atoms with Gasteiger partial charge < -0.3 is 0 Å². The van der Waals surface area contributed by atoms with Gasteiger partial charge >= 0.3 is 0 Å². The first-order valence-corrected chi connectivity index (χ1v) is 6.55. The normalized spacial score (nSPS) is 27.6. The molecule has 0 spiro atoms. The summed E-state index contributed by atoms with van der Waals surface area (Å²) in [4.78, 5) is 0. The van der Waals surface area contributed by atoms with Crippen molar-refractivity contribution < 1.29 is 0 Å². The molecule has 2 rings (SSSR count). The van der Waals surface area contributed by atoms with Crippen molar-refractivity contribution in [1.82, 2.24) is 0 Å². The summed E-state index contributed by atoms with van der Waals surface area (Å²) in [5.41, 5.74) is 0. The predicted molar refractivity (Wildman–Crippen MR) is 50.5 cm³/mol. The van der Waals surface area contributed by atoms with Gasteiger partial charge in [0.05, 0.1) is 0 Å². The quantitative estimate of drug-likeness (QED) is 0.601. The lowest BCUT2D eigenvalue weighted by atomic mass is 10.00. The lowest BCUT2D eigenvalue weighted by molar-refractivity contribution is 0.520. The van der Waals surface area contributed by atoms with E-state index in [1.165, 1.54) is 38.5 Å². The Morgan fingerprint density at radius 2 is 1.10 bits per heavy atom. The van der Waals surface area contributed by atoms with Crippen LogP contribution in [0.4, 0.5) is 0 Å². The molecule has 0 aromatic heterocycles. The summed E-state index contributed by atoms with van der Waals surface area (Å²) in [6, 6.07) is 0. The Morgan fingerprint density at radius 1 is 0.700 bits per heavy atom. The van der Waals surface area contributed by atoms with Crippen molar-refractivity contribution in [2.75, 3.05) is 0 Å². The zero-order chi connectivity index (χ0) is 6.81. The molecule has 0 bridgehead atoms. The molecule has 2 aliphatic carbocycles. The van der Waals surface area contributed by atoms with Crippen molar-refractivity contribution in [3.05, 3.63) is 0 Å². The molecule has 0 nitrogen and oxygen atoms in total. The van der Waals surface area contributed by atoms with Crippen molar-refractivity contribution in [3.8, 4) is 0 Å². The van der Waals surface area contributed by atoms with Crippen molar-refractivity contribution in [2.24, 2.45) is 0 Å². The third-order valence-corrected chi connectivity index (χ3v) is 6.00. The molecule has 0 aromatic carbocycles. The fraction of sp³-hybridized carbons (Fsp3) is 1.00. The molecular formula is C8H14S2. The molecule has 0 aromatic rings. The Labute approximate surface area is 70.9 Å². The average molecular weight is 174 g/mol. The van der Waals surface area contributed by atoms with E-state index >= 15 is 0 Å². The third-order valence-electron chi connectivity index (χ3n) is 2.43. The molecule has 0 unspecified atom stereocenters. The summed E-state index contributed by atoms with van der Waals surface area (Å²) in [5, 5.41) is 2.07. The molecule has 0 aliphatic heterocycles. The van der Waals surface area contributed by atoms with Crippen LogP contribution in [0, 0.1) is 0 Å². The summed E-state index contributed by atoms with van der Waals surface area (Å²) in [5.74, 6) is 0. The topological polar surface area (TPSA) is 0 Å². The first-order valence-electron chi connectivity index (χ1n) is 4.27. The Morgan fingerprint density at radius 3 is 1.30 bits per heavy atom. The van der Waals surface area contributed by atoms with Crippen LogP contribution in [0.2, 0.25) is 0 Å². The standard InChI is InChI=1S/C8H14S2/c1-3-7(4-1)9-10-8-5-2-6-8/h7-8H,1-6H2. The average Bonchev–Trinajstić information content (AvgIpc) is 1.70. The van der Waals surface area contributed by atoms with Crippen molar-refractivity contribution in [3.63, 3.8) is 0 Å². The van der Waals surface area contributed by atoms with Gasteiger partial charge in [-0.15, -0.1) is 0 Å². The van der Waals surface area contributed by atoms with Gasteiger partial charge in [0.25, 0.3) is 0 Å². The summed E-state index contributed by atoms with van der Waals surface area (Å²) in [6.45, 7) is 0. The van der Waals surface area contributed by atoms with Crippen molar-refractivity contribution in [1.29, 1.82) is 0 Å². The molecule has 10 heavy (non-hydrogen) atoms. The first kappa shape index (κ1) is 7.35. The first-order chi connectivity index (χ1) is 4.95. The Balaban J connectivity index is 1.54. The van der Waals surface area contributed by atoms with Crippen LogP contribution in [-0.2, 0) is 0 Å². The highest BCUT2D eigenvalue weighted by atomic mass is 33.1. The highest BCUT2D eigenvalue weighted by molar-refractivity contribution is 8.77. The molecule has 0 saturated heterocycles. The minimum Gasteiger partial charge on any atom is -0.0904 e. The fourth-order valence-corrected chi connectivity index (χ4v) is 4.55. The molecule has 2 heteroatoms. The van der Waals surface area contributed by atoms with Crippen molar-refractivity contribution in [2.45, 2.75) is 49.0 Å². The van der Waals surface area contributed by atoms with Gasteiger partial charge in [0.15, 0.2) is 0 Å². The molecule has 0 heterocycles. The van der Waals surface area contributed by atoms with Gasteiger partial charge in [-0.1, -0.05) is 34.4 Å². The van der Waals surface area contributed by atoms with Gasteiger partial charge in [0, 0.05) is 10.5 Å². The van der Waals surface area contributed by atoms with Gasteiger partial charge in [-0.25, -0.2) is 0 Å². The zero-order valence-electron chi connectivity index (χ0n) is 6.21. The summed E-state index contributed by atoms with van der Waals surface area (Å²) >= 11 is 0. The van der Waals surface area contributed by atoms with E-state index in [2.05, 4.69) is 21.6 Å². The largest absolute Gasteiger partial charge is 0.0904 e. The second kappa shape index (κ2) is 3.40. The van der Waals surface area contributed by atoms with Crippen LogP contribution in [0.1, 0.15) is 38.5 Å². The molecular weight excluding hydrogens is 160 g/mol. The highest BCUT2D eigenvalue weighted by Crippen LogP contribution is 2.45. The lowest BCUT2D eigenvalue weighted by Crippen LogP contribution is -2.16. The molecule has 2 saturated carbocycles. The third kappa shape index (κ3) is 1.65. The summed E-state index contributed by atoms with van der Waals surface area (Å²) in [7, 11) is 4.33. The number of hydrogen-bond donors (Lipinski definition) is 0. The van der Waals surface area contributed by atoms with E-state index in [1.54, 1.807) is 0 Å². The van der Waals surface area contributed by atoms with Crippen LogP contribution >= 0.6 is 21.6 Å². The fourth-order valence-electron chi connectivity index (χ4n) is 1.09. The van der Waals surface area contributed by atoms with E-state index in [4.69, 9.17) is 0 Å². The minimum atomic E-state index is 1.03. The molecule has 0 radical (unpaired) electrons. The van der Waals surface area contributed by atoms with E-state index < -0.39 is 0 Å². The summed E-state index contributed by atoms with van der Waals surface area (Å²) in [6.07, 6.45) is 8.94. The Bertz CT molecular complexity index is 91.8. The maximum absolute atomic E-state index is 2.16. The maximum Gasteiger partial charge on any atom is 0.0151 e. The van der Waals surface area contributed by atoms with Gasteiger partial charge in [-0.3, -0.25) is 0 Å². The predicted octanol–water partition coefficient (Wildman–Crippen LogP) is 3.47. The second-order valence-corrected chi connectivity index (χ2v) is 6.17. The second-order valence-electron chi connectivity index (χ2n) is 3.30. The highest BCUT2D eigenvalue weighted by Gasteiger charge is 2.23. The monoisotopic (exact) mass is 174 g/mol. The smallest absolute Gasteiger partial charge is 0.0151 e. The van der Waals surface area contributed by atoms with Crippen LogP contribution in [0.15, 0.2) is 0 Å². The molecule has 2 aliphatic rings. The van der Waals surface area contributed by atoms with Crippen LogP contribution in [0.5, 0.6) is 0 Å². The number of hydrogen-bond acceptors (Lipinski definition) is 2. The lowest BCUT2D eigenvalue weighted by Gasteiger charge is -2.29. The van der Waals surface area contributed by atoms with E-state index in [9.17, 15) is 0 Å². The van der Waals surface area contributed by atoms with Gasteiger partial charge in [0.1, 0.15) is 0 Å². The molecule has 0 N–H and O–H groups in total. The van der Waals surface area contributed by atoms with Crippen molar-refractivity contribution >= 4 is 21.6 Å². The maximum atomic E-state index is 2.16. The van der Waals surface area contributed by atoms with E-state index in [0.717, 1.165) is 10.5 Å². The molecule has 0 amide bonds. The van der Waals surface area contributed by atoms with Crippen LogP contribution in [-0.4, -0.2) is 10.5 Å². The summed E-state index contributed by atoms with van der Waals surface area (Å²) < 4.78 is 0. The van der Waals surface area contributed by atoms with E-state index in [0.29, 0.717) is 0 Å². The zero-order valence-corrected chi connectivity index (χ0v) is 7.85.